The molecule has 6 rings (SSSR count). The van der Waals surface area contributed by atoms with Crippen LogP contribution in [0.3, 0.4) is 0 Å². The van der Waals surface area contributed by atoms with E-state index in [9.17, 15) is 14.4 Å². The van der Waals surface area contributed by atoms with Crippen molar-refractivity contribution in [2.75, 3.05) is 25.0 Å². The van der Waals surface area contributed by atoms with Crippen LogP contribution in [0.4, 0.5) is 5.82 Å². The van der Waals surface area contributed by atoms with Crippen LogP contribution in [-0.4, -0.2) is 74.3 Å². The minimum absolute atomic E-state index is 0.0311. The molecular formula is C28H28N6O5. The molecule has 0 unspecified atom stereocenters. The molecule has 3 fully saturated rings. The number of carbonyl (C=O) groups excluding carboxylic acids is 3. The Hall–Kier alpha value is -4.54. The minimum Gasteiger partial charge on any atom is -0.480 e. The van der Waals surface area contributed by atoms with Crippen LogP contribution in [0, 0.1) is 6.92 Å². The highest BCUT2D eigenvalue weighted by Crippen LogP contribution is 2.33. The Morgan fingerprint density at radius 1 is 0.923 bits per heavy atom. The van der Waals surface area contributed by atoms with E-state index in [1.165, 1.54) is 12.4 Å². The molecule has 0 bridgehead atoms. The second-order valence-corrected chi connectivity index (χ2v) is 9.98. The predicted octanol–water partition coefficient (Wildman–Crippen LogP) is 3.21. The first kappa shape index (κ1) is 24.8. The summed E-state index contributed by atoms with van der Waals surface area (Å²) >= 11 is 0. The summed E-state index contributed by atoms with van der Waals surface area (Å²) in [6.07, 6.45) is 7.53. The number of anilines is 1. The van der Waals surface area contributed by atoms with Crippen molar-refractivity contribution in [3.63, 3.8) is 0 Å². The first-order valence-corrected chi connectivity index (χ1v) is 13.1. The lowest BCUT2D eigenvalue weighted by atomic mass is 10.1. The van der Waals surface area contributed by atoms with E-state index in [0.29, 0.717) is 47.8 Å². The second kappa shape index (κ2) is 10.3. The number of pyridine rings is 1. The highest BCUT2D eigenvalue weighted by atomic mass is 16.5. The van der Waals surface area contributed by atoms with Gasteiger partial charge in [0.15, 0.2) is 11.9 Å². The van der Waals surface area contributed by atoms with Crippen LogP contribution < -0.4 is 14.8 Å². The van der Waals surface area contributed by atoms with Crippen LogP contribution in [0.15, 0.2) is 48.9 Å². The van der Waals surface area contributed by atoms with Gasteiger partial charge < -0.3 is 24.6 Å². The summed E-state index contributed by atoms with van der Waals surface area (Å²) in [5.41, 5.74) is 1.33. The topological polar surface area (TPSA) is 127 Å². The molecule has 200 valence electrons. The molecule has 1 atom stereocenters. The van der Waals surface area contributed by atoms with E-state index >= 15 is 0 Å². The maximum absolute atomic E-state index is 13.1. The Morgan fingerprint density at radius 2 is 1.74 bits per heavy atom. The molecule has 2 saturated heterocycles. The number of rotatable bonds is 8. The van der Waals surface area contributed by atoms with Gasteiger partial charge in [-0.2, -0.15) is 0 Å². The van der Waals surface area contributed by atoms with E-state index in [0.717, 1.165) is 38.0 Å². The zero-order chi connectivity index (χ0) is 26.9. The molecule has 0 spiro atoms. The molecule has 11 nitrogen and oxygen atoms in total. The van der Waals surface area contributed by atoms with Crippen LogP contribution in [0.5, 0.6) is 17.2 Å². The summed E-state index contributed by atoms with van der Waals surface area (Å²) in [6.45, 7) is 3.96. The van der Waals surface area contributed by atoms with Gasteiger partial charge in [0.05, 0.1) is 24.3 Å². The van der Waals surface area contributed by atoms with Crippen molar-refractivity contribution in [1.82, 2.24) is 24.8 Å². The Balaban J connectivity index is 1.22. The van der Waals surface area contributed by atoms with Gasteiger partial charge in [-0.3, -0.25) is 19.4 Å². The molecule has 2 aromatic heterocycles. The van der Waals surface area contributed by atoms with Crippen LogP contribution in [-0.2, 0) is 4.79 Å². The fourth-order valence-corrected chi connectivity index (χ4v) is 4.56. The summed E-state index contributed by atoms with van der Waals surface area (Å²) < 4.78 is 12.1. The van der Waals surface area contributed by atoms with Gasteiger partial charge in [0, 0.05) is 43.7 Å². The fourth-order valence-electron chi connectivity index (χ4n) is 4.56. The summed E-state index contributed by atoms with van der Waals surface area (Å²) in [7, 11) is 0. The van der Waals surface area contributed by atoms with Crippen molar-refractivity contribution in [1.29, 1.82) is 0 Å². The van der Waals surface area contributed by atoms with Gasteiger partial charge in [-0.25, -0.2) is 9.97 Å². The van der Waals surface area contributed by atoms with Crippen molar-refractivity contribution in [3.8, 4) is 17.2 Å². The molecule has 1 N–H and O–H groups in total. The average Bonchev–Trinajstić information content (AvgIpc) is 3.68. The highest BCUT2D eigenvalue weighted by molar-refractivity contribution is 6.04. The van der Waals surface area contributed by atoms with Crippen LogP contribution in [0.2, 0.25) is 0 Å². The number of nitrogens with one attached hydrogen (secondary N) is 1. The zero-order valence-corrected chi connectivity index (χ0v) is 21.5. The van der Waals surface area contributed by atoms with Gasteiger partial charge in [0.25, 0.3) is 17.7 Å². The molecule has 4 heterocycles. The number of hydrogen-bond donors (Lipinski definition) is 1. The van der Waals surface area contributed by atoms with Crippen LogP contribution in [0.1, 0.15) is 52.2 Å². The lowest BCUT2D eigenvalue weighted by Gasteiger charge is -2.30. The third-order valence-corrected chi connectivity index (χ3v) is 6.96. The third-order valence-electron chi connectivity index (χ3n) is 6.96. The standard InChI is InChI=1S/C28H28N6O5/c1-17-14-31-25(16-29-17)32-26(35)18-11-21(38-20-5-6-23(30-15-20)27(36)33-8-2-9-33)13-22(12-18)39-24-7-10-34(28(24)37)19-3-4-19/h5-6,11-16,19,24H,2-4,7-10H2,1H3,(H,31,32,35)/t24-/m1/s1. The summed E-state index contributed by atoms with van der Waals surface area (Å²) in [5.74, 6) is 0.771. The van der Waals surface area contributed by atoms with Gasteiger partial charge in [-0.1, -0.05) is 0 Å². The smallest absolute Gasteiger partial charge is 0.272 e. The van der Waals surface area contributed by atoms with Crippen LogP contribution in [0.25, 0.3) is 0 Å². The lowest BCUT2D eigenvalue weighted by molar-refractivity contribution is -0.133. The molecule has 3 aliphatic rings. The maximum atomic E-state index is 13.1. The fraction of sp³-hybridized carbons (Fsp3) is 0.357. The molecular weight excluding hydrogens is 500 g/mol. The van der Waals surface area contributed by atoms with Crippen LogP contribution >= 0.6 is 0 Å². The van der Waals surface area contributed by atoms with E-state index < -0.39 is 12.0 Å². The van der Waals surface area contributed by atoms with Gasteiger partial charge in [0.2, 0.25) is 0 Å². The van der Waals surface area contributed by atoms with Gasteiger partial charge in [-0.15, -0.1) is 0 Å². The molecule has 3 amide bonds. The Labute approximate surface area is 225 Å². The number of nitrogens with zero attached hydrogens (tertiary/aromatic N) is 5. The molecule has 1 aromatic carbocycles. The largest absolute Gasteiger partial charge is 0.480 e. The SMILES string of the molecule is Cc1cnc(NC(=O)c2cc(Oc3ccc(C(=O)N4CCC4)nc3)cc(O[C@@H]3CCN(C4CC4)C3=O)c2)cn1. The Bertz CT molecular complexity index is 1400. The highest BCUT2D eigenvalue weighted by Gasteiger charge is 2.41. The van der Waals surface area contributed by atoms with Gasteiger partial charge >= 0.3 is 0 Å². The predicted molar refractivity (Wildman–Crippen MR) is 140 cm³/mol. The molecule has 1 saturated carbocycles. The van der Waals surface area contributed by atoms with Crippen molar-refractivity contribution in [3.05, 3.63) is 65.9 Å². The van der Waals surface area contributed by atoms with Crippen molar-refractivity contribution < 1.29 is 23.9 Å². The maximum Gasteiger partial charge on any atom is 0.272 e. The number of ether oxygens (including phenoxy) is 2. The quantitative estimate of drug-likeness (QED) is 0.472. The van der Waals surface area contributed by atoms with E-state index in [1.54, 1.807) is 48.4 Å². The second-order valence-electron chi connectivity index (χ2n) is 9.98. The lowest BCUT2D eigenvalue weighted by Crippen LogP contribution is -2.42. The van der Waals surface area contributed by atoms with E-state index in [-0.39, 0.29) is 17.4 Å². The normalized spacial score (nSPS) is 18.5. The van der Waals surface area contributed by atoms with Crippen molar-refractivity contribution >= 4 is 23.5 Å². The molecule has 3 aromatic rings. The first-order chi connectivity index (χ1) is 18.9. The number of amides is 3. The number of likely N-dealkylation sites (tertiary alicyclic amines) is 2. The summed E-state index contributed by atoms with van der Waals surface area (Å²) in [6, 6.07) is 8.36. The third kappa shape index (κ3) is 5.52. The first-order valence-electron chi connectivity index (χ1n) is 13.1. The van der Waals surface area contributed by atoms with E-state index in [2.05, 4.69) is 20.3 Å². The Morgan fingerprint density at radius 3 is 2.41 bits per heavy atom. The minimum atomic E-state index is -0.617. The molecule has 0 radical (unpaired) electrons. The number of benzene rings is 1. The van der Waals surface area contributed by atoms with Crippen molar-refractivity contribution in [2.45, 2.75) is 44.8 Å². The number of carbonyl (C=O) groups is 3. The summed E-state index contributed by atoms with van der Waals surface area (Å²) in [4.78, 5) is 54.6. The zero-order valence-electron chi connectivity index (χ0n) is 21.5. The molecule has 1 aliphatic carbocycles. The number of hydrogen-bond acceptors (Lipinski definition) is 8. The monoisotopic (exact) mass is 528 g/mol. The molecule has 11 heteroatoms. The van der Waals surface area contributed by atoms with Crippen molar-refractivity contribution in [2.24, 2.45) is 0 Å². The van der Waals surface area contributed by atoms with Gasteiger partial charge in [-0.05, 0) is 50.5 Å². The average molecular weight is 529 g/mol. The van der Waals surface area contributed by atoms with Gasteiger partial charge in [0.1, 0.15) is 22.9 Å². The van der Waals surface area contributed by atoms with E-state index in [1.807, 2.05) is 4.90 Å². The summed E-state index contributed by atoms with van der Waals surface area (Å²) in [5, 5.41) is 2.72. The molecule has 2 aliphatic heterocycles. The number of aryl methyl sites for hydroxylation is 1. The Kier molecular flexibility index (Phi) is 6.55. The molecule has 39 heavy (non-hydrogen) atoms. The number of aromatic nitrogens is 3. The van der Waals surface area contributed by atoms with E-state index in [4.69, 9.17) is 9.47 Å².